The molecule has 0 atom stereocenters. The number of alkyl halides is 1. The van der Waals surface area contributed by atoms with Crippen molar-refractivity contribution in [2.75, 3.05) is 5.88 Å². The molecule has 0 aliphatic rings. The van der Waals surface area contributed by atoms with E-state index in [1.807, 2.05) is 13.0 Å². The number of pyridine rings is 1. The molecule has 1 rings (SSSR count). The second-order valence-corrected chi connectivity index (χ2v) is 3.43. The van der Waals surface area contributed by atoms with Gasteiger partial charge in [-0.2, -0.15) is 0 Å². The molecule has 16 heavy (non-hydrogen) atoms. The third-order valence-electron chi connectivity index (χ3n) is 1.96. The molecule has 1 heterocycles. The number of aromatic nitrogens is 1. The quantitative estimate of drug-likeness (QED) is 0.775. The Morgan fingerprint density at radius 3 is 2.88 bits per heavy atom. The third kappa shape index (κ3) is 3.86. The lowest BCUT2D eigenvalue weighted by molar-refractivity contribution is -0.117. The molecule has 3 amide bonds. The number of imide groups is 1. The predicted molar refractivity (Wildman–Crippen MR) is 60.1 cm³/mol. The Bertz CT molecular complexity index is 395. The van der Waals surface area contributed by atoms with Gasteiger partial charge in [0.2, 0.25) is 5.91 Å². The molecule has 0 aliphatic carbocycles. The highest BCUT2D eigenvalue weighted by Gasteiger charge is 2.06. The fourth-order valence-electron chi connectivity index (χ4n) is 1.06. The minimum atomic E-state index is -0.561. The van der Waals surface area contributed by atoms with Crippen LogP contribution in [-0.4, -0.2) is 22.8 Å². The van der Waals surface area contributed by atoms with E-state index < -0.39 is 11.9 Å². The predicted octanol–water partition coefficient (Wildman–Crippen LogP) is 0.955. The second-order valence-electron chi connectivity index (χ2n) is 3.17. The van der Waals surface area contributed by atoms with Crippen LogP contribution in [-0.2, 0) is 11.3 Å². The van der Waals surface area contributed by atoms with Gasteiger partial charge in [-0.15, -0.1) is 11.6 Å². The molecule has 0 radical (unpaired) electrons. The molecule has 5 nitrogen and oxygen atoms in total. The Morgan fingerprint density at radius 1 is 1.50 bits per heavy atom. The molecule has 1 aromatic rings. The van der Waals surface area contributed by atoms with Crippen LogP contribution in [0.25, 0.3) is 0 Å². The number of nitrogens with one attached hydrogen (secondary N) is 2. The number of urea groups is 1. The summed E-state index contributed by atoms with van der Waals surface area (Å²) in [7, 11) is 0. The fraction of sp³-hybridized carbons (Fsp3) is 0.300. The van der Waals surface area contributed by atoms with Gasteiger partial charge < -0.3 is 5.32 Å². The van der Waals surface area contributed by atoms with Crippen molar-refractivity contribution in [3.05, 3.63) is 29.6 Å². The van der Waals surface area contributed by atoms with Gasteiger partial charge in [-0.1, -0.05) is 0 Å². The molecule has 1 aromatic heterocycles. The Labute approximate surface area is 98.2 Å². The van der Waals surface area contributed by atoms with Gasteiger partial charge >= 0.3 is 6.03 Å². The molecule has 2 N–H and O–H groups in total. The van der Waals surface area contributed by atoms with Crippen LogP contribution in [0.15, 0.2) is 18.5 Å². The minimum Gasteiger partial charge on any atom is -0.334 e. The van der Waals surface area contributed by atoms with Gasteiger partial charge in [0.25, 0.3) is 0 Å². The fourth-order valence-corrected chi connectivity index (χ4v) is 1.13. The van der Waals surface area contributed by atoms with Crippen LogP contribution in [0.4, 0.5) is 4.79 Å². The number of nitrogens with zero attached hydrogens (tertiary/aromatic N) is 1. The van der Waals surface area contributed by atoms with Crippen LogP contribution >= 0.6 is 11.6 Å². The summed E-state index contributed by atoms with van der Waals surface area (Å²) in [5.41, 5.74) is 1.93. The lowest BCUT2D eigenvalue weighted by atomic mass is 10.2. The average Bonchev–Trinajstić information content (AvgIpc) is 2.28. The molecular weight excluding hydrogens is 230 g/mol. The zero-order valence-corrected chi connectivity index (χ0v) is 9.54. The summed E-state index contributed by atoms with van der Waals surface area (Å²) >= 11 is 5.24. The number of halogens is 1. The van der Waals surface area contributed by atoms with Gasteiger partial charge in [0.1, 0.15) is 5.88 Å². The zero-order valence-electron chi connectivity index (χ0n) is 8.79. The monoisotopic (exact) mass is 241 g/mol. The first-order chi connectivity index (χ1) is 7.63. The first-order valence-electron chi connectivity index (χ1n) is 4.66. The molecule has 0 bridgehead atoms. The Balaban J connectivity index is 2.43. The maximum absolute atomic E-state index is 11.2. The van der Waals surface area contributed by atoms with Gasteiger partial charge in [-0.05, 0) is 24.1 Å². The largest absolute Gasteiger partial charge is 0.334 e. The molecule has 86 valence electrons. The Kier molecular flexibility index (Phi) is 4.72. The van der Waals surface area contributed by atoms with Crippen molar-refractivity contribution in [2.45, 2.75) is 13.5 Å². The number of amides is 3. The van der Waals surface area contributed by atoms with Crippen LogP contribution in [0.5, 0.6) is 0 Å². The summed E-state index contributed by atoms with van der Waals surface area (Å²) in [5.74, 6) is -0.763. The topological polar surface area (TPSA) is 71.1 Å². The maximum Gasteiger partial charge on any atom is 0.321 e. The third-order valence-corrected chi connectivity index (χ3v) is 2.20. The molecule has 0 saturated carbocycles. The van der Waals surface area contributed by atoms with Gasteiger partial charge in [-0.3, -0.25) is 15.1 Å². The number of carbonyl (C=O) groups excluding carboxylic acids is 2. The van der Waals surface area contributed by atoms with E-state index in [0.29, 0.717) is 6.54 Å². The molecule has 0 unspecified atom stereocenters. The standard InChI is InChI=1S/C10H12ClN3O2/c1-7-2-3-12-5-8(7)6-13-10(16)14-9(15)4-11/h2-3,5H,4,6H2,1H3,(H2,13,14,15,16). The van der Waals surface area contributed by atoms with Gasteiger partial charge in [0.05, 0.1) is 0 Å². The summed E-state index contributed by atoms with van der Waals surface area (Å²) in [4.78, 5) is 25.9. The van der Waals surface area contributed by atoms with Crippen LogP contribution in [0.2, 0.25) is 0 Å². The van der Waals surface area contributed by atoms with Gasteiger partial charge in [0.15, 0.2) is 0 Å². The van der Waals surface area contributed by atoms with Crippen molar-refractivity contribution in [1.29, 1.82) is 0 Å². The van der Waals surface area contributed by atoms with Crippen molar-refractivity contribution < 1.29 is 9.59 Å². The minimum absolute atomic E-state index is 0.237. The number of carbonyl (C=O) groups is 2. The first kappa shape index (κ1) is 12.4. The van der Waals surface area contributed by atoms with Crippen molar-refractivity contribution in [3.63, 3.8) is 0 Å². The van der Waals surface area contributed by atoms with Crippen LogP contribution < -0.4 is 10.6 Å². The normalized spacial score (nSPS) is 9.62. The van der Waals surface area contributed by atoms with E-state index in [9.17, 15) is 9.59 Å². The average molecular weight is 242 g/mol. The molecule has 0 saturated heterocycles. The van der Waals surface area contributed by atoms with Crippen LogP contribution in [0.3, 0.4) is 0 Å². The van der Waals surface area contributed by atoms with Gasteiger partial charge in [0, 0.05) is 18.9 Å². The number of hydrogen-bond donors (Lipinski definition) is 2. The molecule has 0 aliphatic heterocycles. The summed E-state index contributed by atoms with van der Waals surface area (Å²) in [6, 6.07) is 1.28. The molecule has 6 heteroatoms. The van der Waals surface area contributed by atoms with E-state index >= 15 is 0 Å². The summed E-state index contributed by atoms with van der Waals surface area (Å²) in [6.45, 7) is 2.24. The van der Waals surface area contributed by atoms with Crippen LogP contribution in [0.1, 0.15) is 11.1 Å². The summed E-state index contributed by atoms with van der Waals surface area (Å²) in [6.07, 6.45) is 3.34. The SMILES string of the molecule is Cc1ccncc1CNC(=O)NC(=O)CCl. The van der Waals surface area contributed by atoms with Crippen molar-refractivity contribution in [2.24, 2.45) is 0 Å². The van der Waals surface area contributed by atoms with E-state index in [1.165, 1.54) is 0 Å². The van der Waals surface area contributed by atoms with E-state index in [-0.39, 0.29) is 5.88 Å². The summed E-state index contributed by atoms with van der Waals surface area (Å²) < 4.78 is 0. The lowest BCUT2D eigenvalue weighted by Gasteiger charge is -2.07. The summed E-state index contributed by atoms with van der Waals surface area (Å²) in [5, 5.41) is 4.61. The van der Waals surface area contributed by atoms with Crippen molar-refractivity contribution in [3.8, 4) is 0 Å². The zero-order chi connectivity index (χ0) is 12.0. The molecule has 0 fully saturated rings. The maximum atomic E-state index is 11.2. The Hall–Kier alpha value is -1.62. The van der Waals surface area contributed by atoms with E-state index in [4.69, 9.17) is 11.6 Å². The van der Waals surface area contributed by atoms with Gasteiger partial charge in [-0.25, -0.2) is 4.79 Å². The first-order valence-corrected chi connectivity index (χ1v) is 5.20. The highest BCUT2D eigenvalue weighted by Crippen LogP contribution is 2.03. The molecular formula is C10H12ClN3O2. The number of rotatable bonds is 3. The van der Waals surface area contributed by atoms with Crippen molar-refractivity contribution in [1.82, 2.24) is 15.6 Å². The smallest absolute Gasteiger partial charge is 0.321 e. The molecule has 0 aromatic carbocycles. The number of aryl methyl sites for hydroxylation is 1. The van der Waals surface area contributed by atoms with Crippen LogP contribution in [0, 0.1) is 6.92 Å². The molecule has 0 spiro atoms. The second kappa shape index (κ2) is 6.07. The highest BCUT2D eigenvalue weighted by atomic mass is 35.5. The van der Waals surface area contributed by atoms with E-state index in [2.05, 4.69) is 15.6 Å². The van der Waals surface area contributed by atoms with E-state index in [1.54, 1.807) is 12.4 Å². The lowest BCUT2D eigenvalue weighted by Crippen LogP contribution is -2.39. The Morgan fingerprint density at radius 2 is 2.25 bits per heavy atom. The van der Waals surface area contributed by atoms with Crippen molar-refractivity contribution >= 4 is 23.5 Å². The highest BCUT2D eigenvalue weighted by molar-refractivity contribution is 6.28. The number of hydrogen-bond acceptors (Lipinski definition) is 3. The van der Waals surface area contributed by atoms with E-state index in [0.717, 1.165) is 11.1 Å².